The van der Waals surface area contributed by atoms with E-state index in [1.807, 2.05) is 19.9 Å². The molecule has 0 N–H and O–H groups in total. The van der Waals surface area contributed by atoms with E-state index in [0.717, 1.165) is 0 Å². The normalized spacial score (nSPS) is 10.4. The highest BCUT2D eigenvalue weighted by molar-refractivity contribution is 5.54. The third kappa shape index (κ3) is 3.88. The number of hydrogen-bond donors (Lipinski definition) is 0. The van der Waals surface area contributed by atoms with E-state index in [1.54, 1.807) is 0 Å². The van der Waals surface area contributed by atoms with Crippen LogP contribution < -0.4 is 4.90 Å². The molecule has 1 aromatic rings. The third-order valence-corrected chi connectivity index (χ3v) is 2.61. The molecule has 0 spiro atoms. The van der Waals surface area contributed by atoms with Crippen LogP contribution in [0, 0.1) is 39.0 Å². The minimum Gasteiger partial charge on any atom is -0.365 e. The number of nitriles is 1. The number of rotatable bonds is 6. The minimum atomic E-state index is -0.990. The summed E-state index contributed by atoms with van der Waals surface area (Å²) in [6.07, 6.45) is 0.114. The lowest BCUT2D eigenvalue weighted by atomic mass is 10.1. The Balaban J connectivity index is 3.19. The van der Waals surface area contributed by atoms with Gasteiger partial charge in [-0.1, -0.05) is 13.8 Å². The maximum Gasteiger partial charge on any atom is 0.275 e. The first kappa shape index (κ1) is 15.8. The molecule has 0 atom stereocenters. The van der Waals surface area contributed by atoms with E-state index in [9.17, 15) is 18.9 Å². The van der Waals surface area contributed by atoms with Crippen molar-refractivity contribution in [2.45, 2.75) is 20.3 Å². The summed E-state index contributed by atoms with van der Waals surface area (Å²) in [5, 5.41) is 19.2. The fourth-order valence-electron chi connectivity index (χ4n) is 1.88. The van der Waals surface area contributed by atoms with Gasteiger partial charge in [-0.15, -0.1) is 0 Å². The minimum absolute atomic E-state index is 0.114. The van der Waals surface area contributed by atoms with Gasteiger partial charge in [0.15, 0.2) is 11.6 Å². The predicted molar refractivity (Wildman–Crippen MR) is 70.3 cm³/mol. The lowest BCUT2D eigenvalue weighted by Gasteiger charge is -2.26. The lowest BCUT2D eigenvalue weighted by molar-refractivity contribution is -0.385. The van der Waals surface area contributed by atoms with Crippen LogP contribution in [-0.2, 0) is 0 Å². The second kappa shape index (κ2) is 6.80. The van der Waals surface area contributed by atoms with Gasteiger partial charge >= 0.3 is 0 Å². The summed E-state index contributed by atoms with van der Waals surface area (Å²) in [4.78, 5) is 11.1. The highest BCUT2D eigenvalue weighted by Gasteiger charge is 2.22. The van der Waals surface area contributed by atoms with Crippen LogP contribution in [0.5, 0.6) is 0 Å². The van der Waals surface area contributed by atoms with Crippen LogP contribution in [0.15, 0.2) is 12.1 Å². The monoisotopic (exact) mass is 283 g/mol. The number of benzene rings is 1. The molecule has 0 radical (unpaired) electrons. The van der Waals surface area contributed by atoms with Gasteiger partial charge in [-0.25, -0.2) is 8.78 Å². The second-order valence-corrected chi connectivity index (χ2v) is 4.76. The van der Waals surface area contributed by atoms with Crippen molar-refractivity contribution in [2.75, 3.05) is 18.0 Å². The van der Waals surface area contributed by atoms with Crippen molar-refractivity contribution < 1.29 is 13.7 Å². The van der Waals surface area contributed by atoms with Crippen LogP contribution in [0.3, 0.4) is 0 Å². The standard InChI is InChI=1S/C13H15F2N3O2/c1-9(2)8-17(5-3-4-16)13-11(14)6-10(18(19)20)7-12(13)15/h6-7,9H,3,5,8H2,1-2H3. The fourth-order valence-corrected chi connectivity index (χ4v) is 1.88. The molecule has 7 heteroatoms. The molecule has 20 heavy (non-hydrogen) atoms. The molecule has 0 bridgehead atoms. The first-order valence-electron chi connectivity index (χ1n) is 6.12. The molecule has 0 aliphatic carbocycles. The summed E-state index contributed by atoms with van der Waals surface area (Å²) in [5.74, 6) is -1.85. The summed E-state index contributed by atoms with van der Waals surface area (Å²) >= 11 is 0. The number of hydrogen-bond acceptors (Lipinski definition) is 4. The van der Waals surface area contributed by atoms with Crippen molar-refractivity contribution in [1.29, 1.82) is 5.26 Å². The highest BCUT2D eigenvalue weighted by Crippen LogP contribution is 2.28. The van der Waals surface area contributed by atoms with E-state index in [2.05, 4.69) is 0 Å². The summed E-state index contributed by atoms with van der Waals surface area (Å²) in [6, 6.07) is 3.30. The van der Waals surface area contributed by atoms with Gasteiger partial charge in [0.2, 0.25) is 0 Å². The highest BCUT2D eigenvalue weighted by atomic mass is 19.1. The number of nitrogens with zero attached hydrogens (tertiary/aromatic N) is 3. The van der Waals surface area contributed by atoms with Crippen molar-refractivity contribution in [3.05, 3.63) is 33.9 Å². The molecular weight excluding hydrogens is 268 g/mol. The zero-order chi connectivity index (χ0) is 15.3. The Kier molecular flexibility index (Phi) is 5.38. The molecule has 1 rings (SSSR count). The maximum atomic E-state index is 13.9. The molecule has 0 heterocycles. The molecule has 0 aliphatic heterocycles. The Morgan fingerprint density at radius 3 is 2.35 bits per heavy atom. The average molecular weight is 283 g/mol. The first-order chi connectivity index (χ1) is 9.36. The lowest BCUT2D eigenvalue weighted by Crippen LogP contribution is -2.30. The summed E-state index contributed by atoms with van der Waals surface area (Å²) in [6.45, 7) is 4.27. The van der Waals surface area contributed by atoms with Crippen LogP contribution in [0.25, 0.3) is 0 Å². The van der Waals surface area contributed by atoms with Gasteiger partial charge in [0, 0.05) is 13.1 Å². The van der Waals surface area contributed by atoms with Crippen molar-refractivity contribution in [2.24, 2.45) is 5.92 Å². The van der Waals surface area contributed by atoms with Crippen molar-refractivity contribution >= 4 is 11.4 Å². The van der Waals surface area contributed by atoms with Crippen molar-refractivity contribution in [3.8, 4) is 6.07 Å². The number of nitro benzene ring substituents is 1. The molecule has 0 saturated heterocycles. The average Bonchev–Trinajstić information content (AvgIpc) is 2.33. The Labute approximate surface area is 115 Å². The van der Waals surface area contributed by atoms with Crippen LogP contribution >= 0.6 is 0 Å². The van der Waals surface area contributed by atoms with E-state index in [0.29, 0.717) is 18.7 Å². The Bertz CT molecular complexity index is 518. The van der Waals surface area contributed by atoms with Gasteiger partial charge in [-0.2, -0.15) is 5.26 Å². The first-order valence-corrected chi connectivity index (χ1v) is 6.12. The summed E-state index contributed by atoms with van der Waals surface area (Å²) in [5.41, 5.74) is -0.951. The molecular formula is C13H15F2N3O2. The van der Waals surface area contributed by atoms with E-state index in [-0.39, 0.29) is 24.6 Å². The Morgan fingerprint density at radius 2 is 1.95 bits per heavy atom. The topological polar surface area (TPSA) is 70.2 Å². The Morgan fingerprint density at radius 1 is 1.40 bits per heavy atom. The molecule has 0 aliphatic rings. The van der Waals surface area contributed by atoms with Crippen LogP contribution in [0.4, 0.5) is 20.2 Å². The number of halogens is 2. The number of anilines is 1. The van der Waals surface area contributed by atoms with Gasteiger partial charge < -0.3 is 4.90 Å². The van der Waals surface area contributed by atoms with Gasteiger partial charge in [0.1, 0.15) is 5.69 Å². The van der Waals surface area contributed by atoms with Crippen LogP contribution in [0.1, 0.15) is 20.3 Å². The summed E-state index contributed by atoms with van der Waals surface area (Å²) in [7, 11) is 0. The van der Waals surface area contributed by atoms with Crippen LogP contribution in [-0.4, -0.2) is 18.0 Å². The number of non-ortho nitro benzene ring substituents is 1. The molecule has 108 valence electrons. The second-order valence-electron chi connectivity index (χ2n) is 4.76. The Hall–Kier alpha value is -2.23. The largest absolute Gasteiger partial charge is 0.365 e. The molecule has 0 saturated carbocycles. The molecule has 5 nitrogen and oxygen atoms in total. The molecule has 0 aromatic heterocycles. The van der Waals surface area contributed by atoms with E-state index in [4.69, 9.17) is 5.26 Å². The van der Waals surface area contributed by atoms with Crippen LogP contribution in [0.2, 0.25) is 0 Å². The van der Waals surface area contributed by atoms with E-state index in [1.165, 1.54) is 4.90 Å². The molecule has 1 aromatic carbocycles. The number of nitro groups is 1. The van der Waals surface area contributed by atoms with Crippen molar-refractivity contribution in [1.82, 2.24) is 0 Å². The van der Waals surface area contributed by atoms with Crippen molar-refractivity contribution in [3.63, 3.8) is 0 Å². The predicted octanol–water partition coefficient (Wildman–Crippen LogP) is 3.25. The smallest absolute Gasteiger partial charge is 0.275 e. The quantitative estimate of drug-likeness (QED) is 0.593. The fraction of sp³-hybridized carbons (Fsp3) is 0.462. The molecule has 0 fully saturated rings. The molecule has 0 unspecified atom stereocenters. The van der Waals surface area contributed by atoms with Gasteiger partial charge in [0.25, 0.3) is 5.69 Å². The zero-order valence-electron chi connectivity index (χ0n) is 11.3. The van der Waals surface area contributed by atoms with Gasteiger partial charge in [-0.3, -0.25) is 10.1 Å². The SMILES string of the molecule is CC(C)CN(CCC#N)c1c(F)cc([N+](=O)[O-])cc1F. The molecule has 0 amide bonds. The maximum absolute atomic E-state index is 13.9. The van der Waals surface area contributed by atoms with E-state index < -0.39 is 22.2 Å². The van der Waals surface area contributed by atoms with Gasteiger partial charge in [0.05, 0.1) is 29.5 Å². The zero-order valence-corrected chi connectivity index (χ0v) is 11.3. The third-order valence-electron chi connectivity index (χ3n) is 2.61. The summed E-state index contributed by atoms with van der Waals surface area (Å²) < 4.78 is 27.9. The van der Waals surface area contributed by atoms with Gasteiger partial charge in [-0.05, 0) is 5.92 Å². The van der Waals surface area contributed by atoms with E-state index >= 15 is 0 Å².